The minimum absolute atomic E-state index is 0.130. The van der Waals surface area contributed by atoms with Gasteiger partial charge in [-0.1, -0.05) is 49.4 Å². The molecule has 1 heterocycles. The topological polar surface area (TPSA) is 36.3 Å². The van der Waals surface area contributed by atoms with Crippen LogP contribution in [0.15, 0.2) is 66.7 Å². The van der Waals surface area contributed by atoms with E-state index in [9.17, 15) is 0 Å². The largest absolute Gasteiger partial charge is 0.491 e. The number of rotatable bonds is 8. The Hall–Kier alpha value is -3.27. The summed E-state index contributed by atoms with van der Waals surface area (Å²) in [5, 5.41) is 0. The first kappa shape index (κ1) is 21.0. The highest BCUT2D eigenvalue weighted by Gasteiger charge is 2.21. The molecule has 0 radical (unpaired) electrons. The minimum atomic E-state index is -0.130. The molecular weight excluding hydrogens is 384 g/mol. The molecule has 1 unspecified atom stereocenters. The van der Waals surface area contributed by atoms with Gasteiger partial charge in [-0.2, -0.15) is 0 Å². The van der Waals surface area contributed by atoms with E-state index in [2.05, 4.69) is 80.8 Å². The van der Waals surface area contributed by atoms with Crippen molar-refractivity contribution in [2.24, 2.45) is 0 Å². The number of imidazole rings is 1. The molecule has 1 atom stereocenters. The van der Waals surface area contributed by atoms with E-state index < -0.39 is 0 Å². The Morgan fingerprint density at radius 1 is 0.903 bits per heavy atom. The van der Waals surface area contributed by atoms with E-state index in [1.807, 2.05) is 18.2 Å². The predicted octanol–water partition coefficient (Wildman–Crippen LogP) is 6.57. The van der Waals surface area contributed by atoms with Crippen molar-refractivity contribution in [2.45, 2.75) is 46.8 Å². The van der Waals surface area contributed by atoms with Crippen molar-refractivity contribution in [3.8, 4) is 11.5 Å². The second kappa shape index (κ2) is 9.25. The van der Waals surface area contributed by atoms with Crippen molar-refractivity contribution in [3.05, 3.63) is 89.2 Å². The molecule has 160 valence electrons. The Bertz CT molecular complexity index is 1160. The van der Waals surface area contributed by atoms with E-state index in [4.69, 9.17) is 14.5 Å². The van der Waals surface area contributed by atoms with Crippen molar-refractivity contribution in [3.63, 3.8) is 0 Å². The van der Waals surface area contributed by atoms with Gasteiger partial charge in [0.05, 0.1) is 17.6 Å². The fraction of sp³-hybridized carbons (Fsp3) is 0.296. The molecular formula is C27H30N2O2. The van der Waals surface area contributed by atoms with Gasteiger partial charge in [0.25, 0.3) is 0 Å². The summed E-state index contributed by atoms with van der Waals surface area (Å²) in [5.74, 6) is 2.78. The third-order valence-corrected chi connectivity index (χ3v) is 5.58. The van der Waals surface area contributed by atoms with Crippen LogP contribution in [0.25, 0.3) is 11.0 Å². The third-order valence-electron chi connectivity index (χ3n) is 5.58. The summed E-state index contributed by atoms with van der Waals surface area (Å²) in [7, 11) is 0. The first-order valence-electron chi connectivity index (χ1n) is 10.9. The van der Waals surface area contributed by atoms with Gasteiger partial charge in [0.15, 0.2) is 11.9 Å². The number of ether oxygens (including phenoxy) is 2. The smallest absolute Gasteiger partial charge is 0.156 e. The molecule has 4 rings (SSSR count). The molecule has 0 aliphatic heterocycles. The zero-order chi connectivity index (χ0) is 21.8. The number of hydrogen-bond acceptors (Lipinski definition) is 3. The summed E-state index contributed by atoms with van der Waals surface area (Å²) in [6, 6.07) is 22.7. The number of hydrogen-bond donors (Lipinski definition) is 0. The summed E-state index contributed by atoms with van der Waals surface area (Å²) < 4.78 is 14.8. The Balaban J connectivity index is 1.62. The predicted molar refractivity (Wildman–Crippen MR) is 126 cm³/mol. The van der Waals surface area contributed by atoms with Crippen LogP contribution in [-0.2, 0) is 6.54 Å². The number of benzene rings is 3. The van der Waals surface area contributed by atoms with Gasteiger partial charge in [-0.3, -0.25) is 0 Å². The average molecular weight is 415 g/mol. The minimum Gasteiger partial charge on any atom is -0.491 e. The average Bonchev–Trinajstić information content (AvgIpc) is 3.12. The van der Waals surface area contributed by atoms with Gasteiger partial charge in [-0.25, -0.2) is 4.98 Å². The Labute approximate surface area is 184 Å². The molecule has 0 N–H and O–H groups in total. The Morgan fingerprint density at radius 3 is 2.39 bits per heavy atom. The highest BCUT2D eigenvalue weighted by molar-refractivity contribution is 5.76. The standard InChI is InChI=1S/C27H30N2O2/c1-5-25(31-22-13-8-10-19(2)18-22)27-28-23-14-6-7-15-24(23)29(27)16-17-30-26-20(3)11-9-12-21(26)4/h6-15,18,25H,5,16-17H2,1-4H3. The number of para-hydroxylation sites is 3. The van der Waals surface area contributed by atoms with Crippen LogP contribution in [0.5, 0.6) is 11.5 Å². The lowest BCUT2D eigenvalue weighted by molar-refractivity contribution is 0.183. The van der Waals surface area contributed by atoms with Gasteiger partial charge in [-0.15, -0.1) is 0 Å². The van der Waals surface area contributed by atoms with Crippen LogP contribution in [0.4, 0.5) is 0 Å². The van der Waals surface area contributed by atoms with Crippen LogP contribution in [0.2, 0.25) is 0 Å². The zero-order valence-corrected chi connectivity index (χ0v) is 18.8. The summed E-state index contributed by atoms with van der Waals surface area (Å²) in [4.78, 5) is 4.95. The van der Waals surface area contributed by atoms with Gasteiger partial charge in [-0.05, 0) is 68.1 Å². The maximum absolute atomic E-state index is 6.38. The number of nitrogens with zero attached hydrogens (tertiary/aromatic N) is 2. The molecule has 0 spiro atoms. The quantitative estimate of drug-likeness (QED) is 0.327. The maximum atomic E-state index is 6.38. The molecule has 31 heavy (non-hydrogen) atoms. The second-order valence-electron chi connectivity index (χ2n) is 8.01. The Kier molecular flexibility index (Phi) is 6.26. The van der Waals surface area contributed by atoms with E-state index in [1.54, 1.807) is 0 Å². The molecule has 0 saturated carbocycles. The fourth-order valence-corrected chi connectivity index (χ4v) is 4.01. The van der Waals surface area contributed by atoms with Gasteiger partial charge in [0.2, 0.25) is 0 Å². The monoisotopic (exact) mass is 414 g/mol. The lowest BCUT2D eigenvalue weighted by Crippen LogP contribution is -2.17. The zero-order valence-electron chi connectivity index (χ0n) is 18.8. The van der Waals surface area contributed by atoms with E-state index in [-0.39, 0.29) is 6.10 Å². The summed E-state index contributed by atoms with van der Waals surface area (Å²) in [6.07, 6.45) is 0.698. The molecule has 0 bridgehead atoms. The normalized spacial score (nSPS) is 12.1. The fourth-order valence-electron chi connectivity index (χ4n) is 4.01. The molecule has 3 aromatic carbocycles. The SMILES string of the molecule is CCC(Oc1cccc(C)c1)c1nc2ccccc2n1CCOc1c(C)cccc1C. The maximum Gasteiger partial charge on any atom is 0.156 e. The van der Waals surface area contributed by atoms with E-state index in [1.165, 1.54) is 5.56 Å². The number of aryl methyl sites for hydroxylation is 3. The van der Waals surface area contributed by atoms with Crippen LogP contribution in [0, 0.1) is 20.8 Å². The summed E-state index contributed by atoms with van der Waals surface area (Å²) in [5.41, 5.74) is 5.59. The first-order chi connectivity index (χ1) is 15.1. The van der Waals surface area contributed by atoms with E-state index in [0.29, 0.717) is 13.2 Å². The Morgan fingerprint density at radius 2 is 1.65 bits per heavy atom. The lowest BCUT2D eigenvalue weighted by Gasteiger charge is -2.20. The first-order valence-corrected chi connectivity index (χ1v) is 10.9. The number of aromatic nitrogens is 2. The van der Waals surface area contributed by atoms with Crippen molar-refractivity contribution in [1.82, 2.24) is 9.55 Å². The summed E-state index contributed by atoms with van der Waals surface area (Å²) >= 11 is 0. The molecule has 4 heteroatoms. The molecule has 4 nitrogen and oxygen atoms in total. The van der Waals surface area contributed by atoms with E-state index >= 15 is 0 Å². The molecule has 0 amide bonds. The highest BCUT2D eigenvalue weighted by atomic mass is 16.5. The van der Waals surface area contributed by atoms with Crippen LogP contribution in [-0.4, -0.2) is 16.2 Å². The van der Waals surface area contributed by atoms with Crippen LogP contribution < -0.4 is 9.47 Å². The van der Waals surface area contributed by atoms with Gasteiger partial charge >= 0.3 is 0 Å². The van der Waals surface area contributed by atoms with Gasteiger partial charge in [0, 0.05) is 0 Å². The molecule has 0 fully saturated rings. The van der Waals surface area contributed by atoms with Crippen LogP contribution in [0.3, 0.4) is 0 Å². The molecule has 4 aromatic rings. The third kappa shape index (κ3) is 4.58. The number of fused-ring (bicyclic) bond motifs is 1. The molecule has 0 aliphatic rings. The summed E-state index contributed by atoms with van der Waals surface area (Å²) in [6.45, 7) is 9.66. The van der Waals surface area contributed by atoms with Gasteiger partial charge < -0.3 is 14.0 Å². The van der Waals surface area contributed by atoms with Crippen molar-refractivity contribution < 1.29 is 9.47 Å². The van der Waals surface area contributed by atoms with Crippen LogP contribution in [0.1, 0.15) is 42.0 Å². The van der Waals surface area contributed by atoms with Gasteiger partial charge in [0.1, 0.15) is 18.1 Å². The highest BCUT2D eigenvalue weighted by Crippen LogP contribution is 2.28. The van der Waals surface area contributed by atoms with Crippen molar-refractivity contribution in [1.29, 1.82) is 0 Å². The van der Waals surface area contributed by atoms with Crippen molar-refractivity contribution >= 4 is 11.0 Å². The molecule has 0 aliphatic carbocycles. The lowest BCUT2D eigenvalue weighted by atomic mass is 10.1. The second-order valence-corrected chi connectivity index (χ2v) is 8.01. The van der Waals surface area contributed by atoms with Crippen LogP contribution >= 0.6 is 0 Å². The van der Waals surface area contributed by atoms with Crippen molar-refractivity contribution in [2.75, 3.05) is 6.61 Å². The molecule has 0 saturated heterocycles. The van der Waals surface area contributed by atoms with E-state index in [0.717, 1.165) is 45.9 Å². The molecule has 1 aromatic heterocycles.